The molecule has 82 valence electrons. The van der Waals surface area contributed by atoms with Gasteiger partial charge in [0.05, 0.1) is 18.3 Å². The minimum Gasteiger partial charge on any atom is -0.394 e. The average molecular weight is 206 g/mol. The molecule has 2 rings (SSSR count). The van der Waals surface area contributed by atoms with Crippen LogP contribution in [-0.2, 0) is 4.74 Å². The molecule has 1 saturated heterocycles. The predicted octanol–water partition coefficient (Wildman–Crippen LogP) is 2.11. The summed E-state index contributed by atoms with van der Waals surface area (Å²) in [5.41, 5.74) is -0.338. The molecule has 0 aromatic heterocycles. The van der Waals surface area contributed by atoms with Crippen LogP contribution in [0.2, 0.25) is 0 Å². The second-order valence-corrected chi connectivity index (χ2v) is 4.50. The van der Waals surface area contributed by atoms with Crippen molar-refractivity contribution in [3.8, 4) is 0 Å². The molecule has 0 aromatic rings. The lowest BCUT2D eigenvalue weighted by Gasteiger charge is -2.36. The van der Waals surface area contributed by atoms with E-state index >= 15 is 0 Å². The lowest BCUT2D eigenvalue weighted by molar-refractivity contribution is -0.132. The Morgan fingerprint density at radius 1 is 1.14 bits per heavy atom. The Morgan fingerprint density at radius 3 is 2.29 bits per heavy atom. The van der Waals surface area contributed by atoms with E-state index in [1.165, 1.54) is 0 Å². The maximum absolute atomic E-state index is 12.9. The number of aliphatic hydroxyl groups excluding tert-OH is 1. The van der Waals surface area contributed by atoms with E-state index in [0.717, 1.165) is 12.8 Å². The zero-order valence-corrected chi connectivity index (χ0v) is 8.14. The van der Waals surface area contributed by atoms with Crippen LogP contribution in [0.1, 0.15) is 38.5 Å². The monoisotopic (exact) mass is 206 g/mol. The van der Waals surface area contributed by atoms with Crippen LogP contribution < -0.4 is 0 Å². The fourth-order valence-electron chi connectivity index (χ4n) is 2.46. The minimum atomic E-state index is -2.49. The second kappa shape index (κ2) is 3.42. The van der Waals surface area contributed by atoms with Crippen molar-refractivity contribution in [1.82, 2.24) is 0 Å². The van der Waals surface area contributed by atoms with Crippen LogP contribution in [0.4, 0.5) is 8.78 Å². The summed E-state index contributed by atoms with van der Waals surface area (Å²) in [5.74, 6) is -2.49. The molecule has 1 spiro atoms. The van der Waals surface area contributed by atoms with Gasteiger partial charge in [-0.3, -0.25) is 0 Å². The van der Waals surface area contributed by atoms with Crippen LogP contribution in [0.5, 0.6) is 0 Å². The third-order valence-corrected chi connectivity index (χ3v) is 3.43. The van der Waals surface area contributed by atoms with Crippen molar-refractivity contribution in [3.63, 3.8) is 0 Å². The summed E-state index contributed by atoms with van der Waals surface area (Å²) in [6.45, 7) is 0.0120. The van der Waals surface area contributed by atoms with Crippen molar-refractivity contribution in [2.45, 2.75) is 56.2 Å². The lowest BCUT2D eigenvalue weighted by atomic mass is 9.81. The Hall–Kier alpha value is -0.220. The second-order valence-electron chi connectivity index (χ2n) is 4.50. The van der Waals surface area contributed by atoms with Gasteiger partial charge in [-0.15, -0.1) is 0 Å². The fourth-order valence-corrected chi connectivity index (χ4v) is 2.46. The number of rotatable bonds is 1. The quantitative estimate of drug-likeness (QED) is 0.712. The number of hydrogen-bond acceptors (Lipinski definition) is 2. The van der Waals surface area contributed by atoms with Crippen molar-refractivity contribution in [3.05, 3.63) is 0 Å². The Balaban J connectivity index is 1.94. The Labute approximate surface area is 82.3 Å². The van der Waals surface area contributed by atoms with Gasteiger partial charge < -0.3 is 9.84 Å². The van der Waals surface area contributed by atoms with Gasteiger partial charge in [-0.2, -0.15) is 0 Å². The zero-order chi connectivity index (χ0) is 10.2. The molecule has 0 unspecified atom stereocenters. The van der Waals surface area contributed by atoms with Crippen LogP contribution in [0.15, 0.2) is 0 Å². The highest BCUT2D eigenvalue weighted by Crippen LogP contribution is 2.46. The van der Waals surface area contributed by atoms with Crippen LogP contribution in [0.3, 0.4) is 0 Å². The van der Waals surface area contributed by atoms with E-state index in [0.29, 0.717) is 12.8 Å². The highest BCUT2D eigenvalue weighted by atomic mass is 19.3. The predicted molar refractivity (Wildman–Crippen MR) is 47.3 cm³/mol. The van der Waals surface area contributed by atoms with E-state index in [1.807, 2.05) is 0 Å². The van der Waals surface area contributed by atoms with E-state index in [9.17, 15) is 8.78 Å². The molecule has 0 radical (unpaired) electrons. The van der Waals surface area contributed by atoms with Gasteiger partial charge in [0.2, 0.25) is 5.92 Å². The molecule has 1 N–H and O–H groups in total. The maximum atomic E-state index is 12.9. The summed E-state index contributed by atoms with van der Waals surface area (Å²) in [6, 6.07) is 0. The summed E-state index contributed by atoms with van der Waals surface area (Å²) >= 11 is 0. The lowest BCUT2D eigenvalue weighted by Crippen LogP contribution is -2.38. The minimum absolute atomic E-state index is 0.0120. The molecule has 14 heavy (non-hydrogen) atoms. The summed E-state index contributed by atoms with van der Waals surface area (Å²) < 4.78 is 31.5. The molecule has 2 nitrogen and oxygen atoms in total. The van der Waals surface area contributed by atoms with Gasteiger partial charge in [0, 0.05) is 12.8 Å². The van der Waals surface area contributed by atoms with Crippen LogP contribution in [0, 0.1) is 0 Å². The third-order valence-electron chi connectivity index (χ3n) is 3.43. The van der Waals surface area contributed by atoms with E-state index < -0.39 is 5.92 Å². The molecular formula is C10H16F2O2. The van der Waals surface area contributed by atoms with Gasteiger partial charge in [-0.25, -0.2) is 8.78 Å². The van der Waals surface area contributed by atoms with Gasteiger partial charge in [-0.05, 0) is 25.7 Å². The highest BCUT2D eigenvalue weighted by Gasteiger charge is 2.47. The number of halogens is 2. The van der Waals surface area contributed by atoms with Crippen molar-refractivity contribution in [2.75, 3.05) is 6.61 Å². The first-order valence-corrected chi connectivity index (χ1v) is 5.22. The molecule has 1 saturated carbocycles. The molecular weight excluding hydrogens is 190 g/mol. The maximum Gasteiger partial charge on any atom is 0.248 e. The number of aliphatic hydroxyl groups is 1. The Bertz CT molecular complexity index is 208. The highest BCUT2D eigenvalue weighted by molar-refractivity contribution is 4.95. The van der Waals surface area contributed by atoms with E-state index in [4.69, 9.17) is 9.84 Å². The molecule has 0 amide bonds. The Kier molecular flexibility index (Phi) is 2.52. The zero-order valence-electron chi connectivity index (χ0n) is 8.14. The van der Waals surface area contributed by atoms with Crippen LogP contribution >= 0.6 is 0 Å². The molecule has 4 heteroatoms. The summed E-state index contributed by atoms with van der Waals surface area (Å²) in [7, 11) is 0. The first-order chi connectivity index (χ1) is 6.55. The SMILES string of the molecule is OC[C@@H]1CCC2(CCC(F)(F)CC2)O1. The van der Waals surface area contributed by atoms with E-state index in [1.54, 1.807) is 0 Å². The summed E-state index contributed by atoms with van der Waals surface area (Å²) in [4.78, 5) is 0. The molecule has 1 atom stereocenters. The molecule has 2 fully saturated rings. The summed E-state index contributed by atoms with van der Waals surface area (Å²) in [6.07, 6.45) is 2.27. The standard InChI is InChI=1S/C10H16F2O2/c11-10(12)5-3-9(4-6-10)2-1-8(7-13)14-9/h8,13H,1-7H2/t8-/m0/s1. The van der Waals surface area contributed by atoms with Gasteiger partial charge in [0.15, 0.2) is 0 Å². The average Bonchev–Trinajstić information content (AvgIpc) is 2.56. The van der Waals surface area contributed by atoms with Crippen LogP contribution in [-0.4, -0.2) is 29.3 Å². The molecule has 1 aliphatic heterocycles. The number of ether oxygens (including phenoxy) is 1. The molecule has 0 aromatic carbocycles. The van der Waals surface area contributed by atoms with Gasteiger partial charge >= 0.3 is 0 Å². The van der Waals surface area contributed by atoms with Gasteiger partial charge in [0.25, 0.3) is 0 Å². The largest absolute Gasteiger partial charge is 0.394 e. The van der Waals surface area contributed by atoms with Crippen molar-refractivity contribution in [2.24, 2.45) is 0 Å². The third kappa shape index (κ3) is 1.91. The topological polar surface area (TPSA) is 29.5 Å². The summed E-state index contributed by atoms with van der Waals surface area (Å²) in [5, 5.41) is 8.91. The molecule has 1 heterocycles. The molecule has 1 aliphatic carbocycles. The van der Waals surface area contributed by atoms with Gasteiger partial charge in [0.1, 0.15) is 0 Å². The van der Waals surface area contributed by atoms with Crippen LogP contribution in [0.25, 0.3) is 0 Å². The number of hydrogen-bond donors (Lipinski definition) is 1. The molecule has 0 bridgehead atoms. The van der Waals surface area contributed by atoms with Gasteiger partial charge in [-0.1, -0.05) is 0 Å². The van der Waals surface area contributed by atoms with Crippen molar-refractivity contribution in [1.29, 1.82) is 0 Å². The fraction of sp³-hybridized carbons (Fsp3) is 1.00. The smallest absolute Gasteiger partial charge is 0.248 e. The van der Waals surface area contributed by atoms with Crippen molar-refractivity contribution < 1.29 is 18.6 Å². The first-order valence-electron chi connectivity index (χ1n) is 5.22. The number of alkyl halides is 2. The molecule has 2 aliphatic rings. The van der Waals surface area contributed by atoms with E-state index in [2.05, 4.69) is 0 Å². The normalized spacial score (nSPS) is 34.9. The van der Waals surface area contributed by atoms with E-state index in [-0.39, 0.29) is 31.2 Å². The Morgan fingerprint density at radius 2 is 1.79 bits per heavy atom. The van der Waals surface area contributed by atoms with Crippen molar-refractivity contribution >= 4 is 0 Å². The first kappa shape index (κ1) is 10.3.